The summed E-state index contributed by atoms with van der Waals surface area (Å²) in [6.45, 7) is 10.4. The first-order chi connectivity index (χ1) is 17.2. The zero-order valence-corrected chi connectivity index (χ0v) is 22.8. The molecule has 37 heavy (non-hydrogen) atoms. The number of allylic oxidation sites excluding steroid dienone is 1. The van der Waals surface area contributed by atoms with E-state index in [9.17, 15) is 29.7 Å². The van der Waals surface area contributed by atoms with E-state index in [4.69, 9.17) is 9.47 Å². The molecule has 0 aromatic rings. The van der Waals surface area contributed by atoms with Gasteiger partial charge in [0.25, 0.3) is 0 Å². The molecular formula is C29H42O8. The van der Waals surface area contributed by atoms with Gasteiger partial charge in [0, 0.05) is 37.5 Å². The summed E-state index contributed by atoms with van der Waals surface area (Å²) in [4.78, 5) is 38.2. The largest absolute Gasteiger partial charge is 0.462 e. The van der Waals surface area contributed by atoms with Crippen molar-refractivity contribution >= 4 is 17.7 Å². The lowest BCUT2D eigenvalue weighted by Crippen LogP contribution is -2.66. The summed E-state index contributed by atoms with van der Waals surface area (Å²) in [5.74, 6) is -4.04. The summed E-state index contributed by atoms with van der Waals surface area (Å²) in [7, 11) is 0. The van der Waals surface area contributed by atoms with Crippen molar-refractivity contribution in [3.63, 3.8) is 0 Å². The van der Waals surface area contributed by atoms with Crippen molar-refractivity contribution in [1.29, 1.82) is 0 Å². The van der Waals surface area contributed by atoms with E-state index in [-0.39, 0.29) is 35.2 Å². The number of aliphatic hydroxyl groups excluding tert-OH is 2. The van der Waals surface area contributed by atoms with Crippen LogP contribution in [0.2, 0.25) is 0 Å². The number of ketones is 1. The number of carbonyl (C=O) groups is 3. The second kappa shape index (κ2) is 8.62. The number of hydrogen-bond acceptors (Lipinski definition) is 8. The summed E-state index contributed by atoms with van der Waals surface area (Å²) >= 11 is 0. The Labute approximate surface area is 218 Å². The molecule has 0 heterocycles. The van der Waals surface area contributed by atoms with Gasteiger partial charge in [-0.2, -0.15) is 0 Å². The standard InChI is InChI=1S/C29H42O8/c1-13-11-18(37-15(3)31)29(6,35)23-20(13)28(5)12-17(36-14(2)30)21-19(22(28)26(23)34)25(33)24(32)16-9-7-8-10-27(16,21)4/h11,13,16-17,19-24,26,32,34-35H,7-10,12H2,1-6H3/t13-,16?,17-,19-,20?,21+,22?,23+,24-,26-,27+,28-,29+/m1/s1. The predicted molar refractivity (Wildman–Crippen MR) is 132 cm³/mol. The molecule has 0 aromatic heterocycles. The number of rotatable bonds is 2. The van der Waals surface area contributed by atoms with Crippen LogP contribution in [0.4, 0.5) is 0 Å². The van der Waals surface area contributed by atoms with Crippen LogP contribution in [0.1, 0.15) is 73.6 Å². The molecule has 5 rings (SSSR count). The van der Waals surface area contributed by atoms with Gasteiger partial charge in [-0.05, 0) is 60.8 Å². The highest BCUT2D eigenvalue weighted by atomic mass is 16.6. The molecule has 5 aliphatic rings. The van der Waals surface area contributed by atoms with Gasteiger partial charge in [0.1, 0.15) is 23.6 Å². The third-order valence-electron chi connectivity index (χ3n) is 11.3. The van der Waals surface area contributed by atoms with Gasteiger partial charge in [-0.1, -0.05) is 33.6 Å². The van der Waals surface area contributed by atoms with Crippen molar-refractivity contribution in [3.8, 4) is 0 Å². The van der Waals surface area contributed by atoms with Crippen molar-refractivity contribution < 1.29 is 39.2 Å². The minimum Gasteiger partial charge on any atom is -0.462 e. The van der Waals surface area contributed by atoms with Crippen molar-refractivity contribution in [2.24, 2.45) is 52.3 Å². The van der Waals surface area contributed by atoms with E-state index >= 15 is 0 Å². The molecule has 0 bridgehead atoms. The zero-order chi connectivity index (χ0) is 27.2. The summed E-state index contributed by atoms with van der Waals surface area (Å²) in [5.41, 5.74) is -2.72. The Bertz CT molecular complexity index is 1030. The number of fused-ring (bicyclic) bond motifs is 7. The average molecular weight is 519 g/mol. The summed E-state index contributed by atoms with van der Waals surface area (Å²) < 4.78 is 11.4. The number of ether oxygens (including phenoxy) is 2. The van der Waals surface area contributed by atoms with Crippen LogP contribution in [0.25, 0.3) is 0 Å². The van der Waals surface area contributed by atoms with E-state index < -0.39 is 64.4 Å². The van der Waals surface area contributed by atoms with Crippen LogP contribution in [-0.4, -0.2) is 57.0 Å². The Morgan fingerprint density at radius 1 is 0.973 bits per heavy atom. The molecule has 13 atom stereocenters. The Balaban J connectivity index is 1.66. The predicted octanol–water partition coefficient (Wildman–Crippen LogP) is 2.77. The summed E-state index contributed by atoms with van der Waals surface area (Å²) in [6, 6.07) is 0. The van der Waals surface area contributed by atoms with Crippen LogP contribution in [0.15, 0.2) is 11.8 Å². The maximum Gasteiger partial charge on any atom is 0.307 e. The van der Waals surface area contributed by atoms with Gasteiger partial charge >= 0.3 is 11.9 Å². The normalized spacial score (nSPS) is 52.7. The maximum atomic E-state index is 14.0. The molecule has 5 aliphatic carbocycles. The van der Waals surface area contributed by atoms with E-state index in [0.717, 1.165) is 25.7 Å². The van der Waals surface area contributed by atoms with Gasteiger partial charge in [-0.15, -0.1) is 0 Å². The Hall–Kier alpha value is -1.77. The molecule has 4 fully saturated rings. The average Bonchev–Trinajstić information content (AvgIpc) is 3.02. The molecule has 0 aromatic carbocycles. The molecule has 3 N–H and O–H groups in total. The quantitative estimate of drug-likeness (QED) is 0.476. The van der Waals surface area contributed by atoms with Crippen molar-refractivity contribution in [1.82, 2.24) is 0 Å². The minimum absolute atomic E-state index is 0.123. The smallest absolute Gasteiger partial charge is 0.307 e. The SMILES string of the molecule is CC(=O)OC1=C[C@@H](C)C2[C@@H]([C@H](O)C3[C@@H]4C(=O)[C@H](O)C5CCCC[C@]5(C)[C@H]4[C@H](OC(C)=O)C[C@@]32C)[C@@]1(C)O. The van der Waals surface area contributed by atoms with Gasteiger partial charge in [0.2, 0.25) is 0 Å². The highest BCUT2D eigenvalue weighted by Gasteiger charge is 2.74. The van der Waals surface area contributed by atoms with Gasteiger partial charge in [-0.3, -0.25) is 14.4 Å². The highest BCUT2D eigenvalue weighted by molar-refractivity contribution is 5.88. The van der Waals surface area contributed by atoms with Crippen LogP contribution in [-0.2, 0) is 23.9 Å². The van der Waals surface area contributed by atoms with E-state index in [2.05, 4.69) is 6.92 Å². The number of esters is 2. The molecule has 206 valence electrons. The maximum absolute atomic E-state index is 14.0. The Morgan fingerprint density at radius 3 is 2.27 bits per heavy atom. The van der Waals surface area contributed by atoms with Crippen LogP contribution < -0.4 is 0 Å². The lowest BCUT2D eigenvalue weighted by molar-refractivity contribution is -0.214. The van der Waals surface area contributed by atoms with E-state index in [0.29, 0.717) is 6.42 Å². The first-order valence-electron chi connectivity index (χ1n) is 13.9. The molecule has 3 unspecified atom stereocenters. The lowest BCUT2D eigenvalue weighted by Gasteiger charge is -2.62. The molecule has 0 radical (unpaired) electrons. The number of Topliss-reactive ketones (excluding diaryl/α,β-unsaturated/α-hetero) is 1. The van der Waals surface area contributed by atoms with Crippen molar-refractivity contribution in [2.45, 2.75) is 97.6 Å². The number of aliphatic hydroxyl groups is 3. The third kappa shape index (κ3) is 3.61. The monoisotopic (exact) mass is 518 g/mol. The van der Waals surface area contributed by atoms with Crippen LogP contribution in [0.5, 0.6) is 0 Å². The van der Waals surface area contributed by atoms with Gasteiger partial charge in [0.15, 0.2) is 5.78 Å². The third-order valence-corrected chi connectivity index (χ3v) is 11.3. The van der Waals surface area contributed by atoms with E-state index in [1.807, 2.05) is 13.8 Å². The molecule has 8 heteroatoms. The summed E-state index contributed by atoms with van der Waals surface area (Å²) in [5, 5.41) is 35.1. The molecule has 8 nitrogen and oxygen atoms in total. The number of hydrogen-bond donors (Lipinski definition) is 3. The second-order valence-corrected chi connectivity index (χ2v) is 13.3. The van der Waals surface area contributed by atoms with E-state index in [1.165, 1.54) is 13.8 Å². The molecule has 0 aliphatic heterocycles. The lowest BCUT2D eigenvalue weighted by atomic mass is 9.42. The summed E-state index contributed by atoms with van der Waals surface area (Å²) in [6.07, 6.45) is 2.96. The molecule has 0 saturated heterocycles. The minimum atomic E-state index is -1.64. The van der Waals surface area contributed by atoms with Gasteiger partial charge < -0.3 is 24.8 Å². The van der Waals surface area contributed by atoms with Crippen LogP contribution >= 0.6 is 0 Å². The van der Waals surface area contributed by atoms with E-state index in [1.54, 1.807) is 13.0 Å². The van der Waals surface area contributed by atoms with Crippen molar-refractivity contribution in [2.75, 3.05) is 0 Å². The molecular weight excluding hydrogens is 476 g/mol. The fourth-order valence-corrected chi connectivity index (χ4v) is 10.2. The van der Waals surface area contributed by atoms with Gasteiger partial charge in [0.05, 0.1) is 6.10 Å². The van der Waals surface area contributed by atoms with Crippen molar-refractivity contribution in [3.05, 3.63) is 11.8 Å². The first kappa shape index (κ1) is 26.8. The topological polar surface area (TPSA) is 130 Å². The zero-order valence-electron chi connectivity index (χ0n) is 22.8. The fourth-order valence-electron chi connectivity index (χ4n) is 10.2. The second-order valence-electron chi connectivity index (χ2n) is 13.3. The molecule has 0 spiro atoms. The van der Waals surface area contributed by atoms with Crippen LogP contribution in [0.3, 0.4) is 0 Å². The Kier molecular flexibility index (Phi) is 6.25. The number of carbonyl (C=O) groups excluding carboxylic acids is 3. The van der Waals surface area contributed by atoms with Gasteiger partial charge in [-0.25, -0.2) is 0 Å². The van der Waals surface area contributed by atoms with Crippen LogP contribution in [0, 0.1) is 52.3 Å². The molecule has 0 amide bonds. The molecule has 4 saturated carbocycles. The first-order valence-corrected chi connectivity index (χ1v) is 13.9. The highest BCUT2D eigenvalue weighted by Crippen LogP contribution is 2.71. The fraction of sp³-hybridized carbons (Fsp3) is 0.828. The Morgan fingerprint density at radius 2 is 1.65 bits per heavy atom.